The summed E-state index contributed by atoms with van der Waals surface area (Å²) in [5.74, 6) is 0.631. The fourth-order valence-corrected chi connectivity index (χ4v) is 4.62. The van der Waals surface area contributed by atoms with Gasteiger partial charge in [0.05, 0.1) is 5.60 Å². The van der Waals surface area contributed by atoms with Crippen LogP contribution in [0.25, 0.3) is 0 Å². The van der Waals surface area contributed by atoms with Gasteiger partial charge < -0.3 is 9.84 Å². The third kappa shape index (κ3) is 6.02. The summed E-state index contributed by atoms with van der Waals surface area (Å²) in [6, 6.07) is 26.7. The smallest absolute Gasteiger partial charge is 0.216 e. The van der Waals surface area contributed by atoms with Crippen molar-refractivity contribution >= 4 is 5.90 Å². The van der Waals surface area contributed by atoms with Gasteiger partial charge in [-0.2, -0.15) is 0 Å². The van der Waals surface area contributed by atoms with Crippen molar-refractivity contribution in [1.82, 2.24) is 0 Å². The molecule has 0 saturated carbocycles. The fraction of sp³-hybridized carbons (Fsp3) is 0.406. The van der Waals surface area contributed by atoms with E-state index in [4.69, 9.17) is 9.73 Å². The average Bonchev–Trinajstić information content (AvgIpc) is 3.30. The largest absolute Gasteiger partial charge is 0.475 e. The lowest BCUT2D eigenvalue weighted by molar-refractivity contribution is 0.00806. The molecule has 1 unspecified atom stereocenters. The molecule has 1 aliphatic heterocycles. The quantitative estimate of drug-likeness (QED) is 0.439. The molecular weight excluding hydrogens is 430 g/mol. The summed E-state index contributed by atoms with van der Waals surface area (Å²) in [7, 11) is 0. The number of aliphatic imine (C=N–C) groups is 1. The summed E-state index contributed by atoms with van der Waals surface area (Å²) in [4.78, 5) is 5.01. The Morgan fingerprint density at radius 3 is 1.63 bits per heavy atom. The van der Waals surface area contributed by atoms with Gasteiger partial charge in [-0.15, -0.1) is 0 Å². The van der Waals surface area contributed by atoms with Crippen molar-refractivity contribution in [2.45, 2.75) is 76.9 Å². The van der Waals surface area contributed by atoms with Gasteiger partial charge in [-0.05, 0) is 45.2 Å². The topological polar surface area (TPSA) is 41.8 Å². The SMILES string of the molecule is CC(C)(C)c1cc(C2=NC(C(O)(Cc3ccccc3)Cc3ccccc3)CO2)cc(C(C)(C)C)c1. The van der Waals surface area contributed by atoms with E-state index in [1.165, 1.54) is 11.1 Å². The number of ether oxygens (including phenoxy) is 1. The van der Waals surface area contributed by atoms with Gasteiger partial charge in [-0.1, -0.05) is 108 Å². The molecule has 3 nitrogen and oxygen atoms in total. The molecule has 0 aromatic heterocycles. The van der Waals surface area contributed by atoms with Crippen LogP contribution in [0.15, 0.2) is 83.9 Å². The van der Waals surface area contributed by atoms with Crippen LogP contribution in [-0.2, 0) is 28.4 Å². The summed E-state index contributed by atoms with van der Waals surface area (Å²) in [5, 5.41) is 12.1. The number of rotatable bonds is 6. The van der Waals surface area contributed by atoms with Crippen molar-refractivity contribution in [2.24, 2.45) is 4.99 Å². The molecule has 3 aromatic carbocycles. The van der Waals surface area contributed by atoms with Crippen molar-refractivity contribution < 1.29 is 9.84 Å². The van der Waals surface area contributed by atoms with Crippen LogP contribution in [0.3, 0.4) is 0 Å². The first kappa shape index (κ1) is 25.2. The lowest BCUT2D eigenvalue weighted by Crippen LogP contribution is -2.46. The third-order valence-electron chi connectivity index (χ3n) is 6.89. The predicted octanol–water partition coefficient (Wildman–Crippen LogP) is 6.64. The maximum absolute atomic E-state index is 12.1. The summed E-state index contributed by atoms with van der Waals surface area (Å²) < 4.78 is 6.20. The van der Waals surface area contributed by atoms with E-state index in [1.807, 2.05) is 36.4 Å². The second-order valence-electron chi connectivity index (χ2n) is 12.0. The van der Waals surface area contributed by atoms with Gasteiger partial charge in [0.2, 0.25) is 5.90 Å². The van der Waals surface area contributed by atoms with Crippen molar-refractivity contribution in [2.75, 3.05) is 6.61 Å². The molecular formula is C32H39NO2. The summed E-state index contributed by atoms with van der Waals surface area (Å²) >= 11 is 0. The predicted molar refractivity (Wildman–Crippen MR) is 145 cm³/mol. The molecule has 184 valence electrons. The monoisotopic (exact) mass is 469 g/mol. The minimum absolute atomic E-state index is 0.00985. The van der Waals surface area contributed by atoms with Crippen molar-refractivity contribution in [3.63, 3.8) is 0 Å². The summed E-state index contributed by atoms with van der Waals surface area (Å²) in [6.45, 7) is 13.8. The van der Waals surface area contributed by atoms with Gasteiger partial charge in [-0.25, -0.2) is 4.99 Å². The van der Waals surface area contributed by atoms with Gasteiger partial charge >= 0.3 is 0 Å². The first-order chi connectivity index (χ1) is 16.4. The maximum Gasteiger partial charge on any atom is 0.216 e. The van der Waals surface area contributed by atoms with E-state index in [1.54, 1.807) is 0 Å². The lowest BCUT2D eigenvalue weighted by atomic mass is 9.79. The fourth-order valence-electron chi connectivity index (χ4n) is 4.62. The minimum Gasteiger partial charge on any atom is -0.475 e. The molecule has 1 atom stereocenters. The highest BCUT2D eigenvalue weighted by atomic mass is 16.5. The van der Waals surface area contributed by atoms with Crippen LogP contribution in [0, 0.1) is 0 Å². The molecule has 3 heteroatoms. The van der Waals surface area contributed by atoms with E-state index in [0.29, 0.717) is 25.3 Å². The van der Waals surface area contributed by atoms with Crippen molar-refractivity contribution in [3.8, 4) is 0 Å². The first-order valence-corrected chi connectivity index (χ1v) is 12.6. The van der Waals surface area contributed by atoms with Crippen LogP contribution in [0.5, 0.6) is 0 Å². The van der Waals surface area contributed by atoms with E-state index >= 15 is 0 Å². The molecule has 0 aliphatic carbocycles. The average molecular weight is 470 g/mol. The Hall–Kier alpha value is -2.91. The van der Waals surface area contributed by atoms with Crippen LogP contribution in [0.4, 0.5) is 0 Å². The van der Waals surface area contributed by atoms with Gasteiger partial charge in [0.1, 0.15) is 12.6 Å². The molecule has 0 radical (unpaired) electrons. The lowest BCUT2D eigenvalue weighted by Gasteiger charge is -2.32. The summed E-state index contributed by atoms with van der Waals surface area (Å²) in [6.07, 6.45) is 1.03. The Labute approximate surface area is 210 Å². The van der Waals surface area contributed by atoms with Crippen LogP contribution in [-0.4, -0.2) is 29.3 Å². The number of nitrogens with zero attached hydrogens (tertiary/aromatic N) is 1. The summed E-state index contributed by atoms with van der Waals surface area (Å²) in [5.41, 5.74) is 4.67. The van der Waals surface area contributed by atoms with Gasteiger partial charge in [-0.3, -0.25) is 0 Å². The van der Waals surface area contributed by atoms with E-state index in [-0.39, 0.29) is 16.9 Å². The Bertz CT molecular complexity index is 1090. The highest BCUT2D eigenvalue weighted by molar-refractivity contribution is 5.95. The molecule has 1 N–H and O–H groups in total. The molecule has 0 saturated heterocycles. The molecule has 4 rings (SSSR count). The number of hydrogen-bond donors (Lipinski definition) is 1. The van der Waals surface area contributed by atoms with E-state index in [9.17, 15) is 5.11 Å². The molecule has 0 amide bonds. The second-order valence-corrected chi connectivity index (χ2v) is 12.0. The van der Waals surface area contributed by atoms with Crippen LogP contribution in [0.2, 0.25) is 0 Å². The Kier molecular flexibility index (Phi) is 6.92. The Balaban J connectivity index is 1.72. The zero-order valence-electron chi connectivity index (χ0n) is 22.0. The zero-order valence-corrected chi connectivity index (χ0v) is 22.0. The zero-order chi connectivity index (χ0) is 25.3. The number of hydrogen-bond acceptors (Lipinski definition) is 3. The van der Waals surface area contributed by atoms with Crippen LogP contribution >= 0.6 is 0 Å². The molecule has 35 heavy (non-hydrogen) atoms. The second kappa shape index (κ2) is 9.62. The van der Waals surface area contributed by atoms with E-state index < -0.39 is 5.60 Å². The third-order valence-corrected chi connectivity index (χ3v) is 6.89. The van der Waals surface area contributed by atoms with Gasteiger partial charge in [0.15, 0.2) is 0 Å². The van der Waals surface area contributed by atoms with Crippen molar-refractivity contribution in [3.05, 3.63) is 107 Å². The normalized spacial score (nSPS) is 16.7. The van der Waals surface area contributed by atoms with E-state index in [2.05, 4.69) is 84.0 Å². The minimum atomic E-state index is -1.06. The molecule has 1 aliphatic rings. The standard InChI is InChI=1S/C32H39NO2/c1-30(2,3)26-17-25(18-27(19-26)31(4,5)6)29-33-28(22-35-29)32(34,20-23-13-9-7-10-14-23)21-24-15-11-8-12-16-24/h7-19,28,34H,20-22H2,1-6H3. The molecule has 3 aromatic rings. The highest BCUT2D eigenvalue weighted by Crippen LogP contribution is 2.33. The Morgan fingerprint density at radius 1 is 0.743 bits per heavy atom. The number of benzene rings is 3. The highest BCUT2D eigenvalue weighted by Gasteiger charge is 2.41. The number of aliphatic hydroxyl groups is 1. The van der Waals surface area contributed by atoms with Gasteiger partial charge in [0, 0.05) is 18.4 Å². The van der Waals surface area contributed by atoms with E-state index in [0.717, 1.165) is 16.7 Å². The van der Waals surface area contributed by atoms with Crippen LogP contribution in [0.1, 0.15) is 69.4 Å². The Morgan fingerprint density at radius 2 is 1.20 bits per heavy atom. The first-order valence-electron chi connectivity index (χ1n) is 12.6. The molecule has 0 bridgehead atoms. The van der Waals surface area contributed by atoms with Crippen LogP contribution < -0.4 is 0 Å². The maximum atomic E-state index is 12.1. The molecule has 0 spiro atoms. The molecule has 0 fully saturated rings. The van der Waals surface area contributed by atoms with Gasteiger partial charge in [0.25, 0.3) is 0 Å². The molecule has 1 heterocycles. The van der Waals surface area contributed by atoms with Crippen molar-refractivity contribution in [1.29, 1.82) is 0 Å².